The SMILES string of the molecule is c1ccc(C2NCC2C2CC2)nc1. The summed E-state index contributed by atoms with van der Waals surface area (Å²) in [6.07, 6.45) is 4.77. The lowest BCUT2D eigenvalue weighted by molar-refractivity contribution is 0.202. The molecule has 0 amide bonds. The van der Waals surface area contributed by atoms with Crippen molar-refractivity contribution in [3.63, 3.8) is 0 Å². The van der Waals surface area contributed by atoms with E-state index in [-0.39, 0.29) is 0 Å². The molecule has 1 aliphatic heterocycles. The fourth-order valence-electron chi connectivity index (χ4n) is 2.22. The first-order chi connectivity index (χ1) is 6.45. The zero-order valence-electron chi connectivity index (χ0n) is 7.61. The summed E-state index contributed by atoms with van der Waals surface area (Å²) in [7, 11) is 0. The molecule has 2 unspecified atom stereocenters. The van der Waals surface area contributed by atoms with Crippen molar-refractivity contribution in [2.24, 2.45) is 11.8 Å². The monoisotopic (exact) mass is 174 g/mol. The normalized spacial score (nSPS) is 32.6. The van der Waals surface area contributed by atoms with E-state index in [1.165, 1.54) is 25.1 Å². The Bertz CT molecular complexity index is 292. The van der Waals surface area contributed by atoms with Crippen molar-refractivity contribution in [1.82, 2.24) is 10.3 Å². The molecule has 2 heterocycles. The van der Waals surface area contributed by atoms with Gasteiger partial charge in [0.2, 0.25) is 0 Å². The number of nitrogens with zero attached hydrogens (tertiary/aromatic N) is 1. The van der Waals surface area contributed by atoms with Crippen LogP contribution in [0.15, 0.2) is 24.4 Å². The van der Waals surface area contributed by atoms with E-state index in [1.54, 1.807) is 0 Å². The first-order valence-electron chi connectivity index (χ1n) is 5.09. The molecule has 0 aromatic carbocycles. The maximum Gasteiger partial charge on any atom is 0.0576 e. The van der Waals surface area contributed by atoms with E-state index in [2.05, 4.69) is 22.4 Å². The van der Waals surface area contributed by atoms with Crippen molar-refractivity contribution in [2.75, 3.05) is 6.54 Å². The molecular weight excluding hydrogens is 160 g/mol. The summed E-state index contributed by atoms with van der Waals surface area (Å²) in [6, 6.07) is 6.74. The third-order valence-electron chi connectivity index (χ3n) is 3.24. The molecule has 2 atom stereocenters. The van der Waals surface area contributed by atoms with Crippen LogP contribution in [0.2, 0.25) is 0 Å². The van der Waals surface area contributed by atoms with Gasteiger partial charge in [0.05, 0.1) is 11.7 Å². The molecule has 68 valence electrons. The van der Waals surface area contributed by atoms with Crippen LogP contribution in [0.4, 0.5) is 0 Å². The van der Waals surface area contributed by atoms with Crippen molar-refractivity contribution in [3.05, 3.63) is 30.1 Å². The first kappa shape index (κ1) is 7.51. The summed E-state index contributed by atoms with van der Waals surface area (Å²) >= 11 is 0. The van der Waals surface area contributed by atoms with Crippen LogP contribution in [0.5, 0.6) is 0 Å². The first-order valence-corrected chi connectivity index (χ1v) is 5.09. The fraction of sp³-hybridized carbons (Fsp3) is 0.545. The average molecular weight is 174 g/mol. The highest BCUT2D eigenvalue weighted by Gasteiger charge is 2.42. The molecule has 13 heavy (non-hydrogen) atoms. The predicted octanol–water partition coefficient (Wildman–Crippen LogP) is 1.75. The molecule has 2 nitrogen and oxygen atoms in total. The molecule has 1 aromatic heterocycles. The van der Waals surface area contributed by atoms with E-state index in [4.69, 9.17) is 0 Å². The minimum absolute atomic E-state index is 0.550. The Balaban J connectivity index is 1.78. The predicted molar refractivity (Wildman–Crippen MR) is 51.2 cm³/mol. The number of rotatable bonds is 2. The van der Waals surface area contributed by atoms with Crippen LogP contribution in [0.25, 0.3) is 0 Å². The van der Waals surface area contributed by atoms with Gasteiger partial charge in [0.15, 0.2) is 0 Å². The van der Waals surface area contributed by atoms with Crippen LogP contribution >= 0.6 is 0 Å². The summed E-state index contributed by atoms with van der Waals surface area (Å²) in [4.78, 5) is 4.40. The van der Waals surface area contributed by atoms with E-state index < -0.39 is 0 Å². The Hall–Kier alpha value is -0.890. The van der Waals surface area contributed by atoms with Gasteiger partial charge in [-0.05, 0) is 36.8 Å². The number of aromatic nitrogens is 1. The highest BCUT2D eigenvalue weighted by molar-refractivity contribution is 5.15. The van der Waals surface area contributed by atoms with Gasteiger partial charge in [0, 0.05) is 12.7 Å². The number of nitrogens with one attached hydrogen (secondary N) is 1. The summed E-state index contributed by atoms with van der Waals surface area (Å²) in [6.45, 7) is 1.20. The lowest BCUT2D eigenvalue weighted by Gasteiger charge is -2.38. The number of hydrogen-bond acceptors (Lipinski definition) is 2. The van der Waals surface area contributed by atoms with Crippen LogP contribution < -0.4 is 5.32 Å². The maximum absolute atomic E-state index is 4.40. The Morgan fingerprint density at radius 3 is 2.77 bits per heavy atom. The molecule has 2 fully saturated rings. The van der Waals surface area contributed by atoms with Gasteiger partial charge in [-0.1, -0.05) is 6.07 Å². The van der Waals surface area contributed by atoms with Crippen LogP contribution in [0, 0.1) is 11.8 Å². The highest BCUT2D eigenvalue weighted by atomic mass is 15.0. The number of pyridine rings is 1. The summed E-state index contributed by atoms with van der Waals surface area (Å²) in [5.41, 5.74) is 1.23. The van der Waals surface area contributed by atoms with Crippen LogP contribution in [-0.4, -0.2) is 11.5 Å². The lowest BCUT2D eigenvalue weighted by atomic mass is 9.85. The Morgan fingerprint density at radius 1 is 1.31 bits per heavy atom. The lowest BCUT2D eigenvalue weighted by Crippen LogP contribution is -2.47. The Morgan fingerprint density at radius 2 is 2.23 bits per heavy atom. The van der Waals surface area contributed by atoms with Crippen LogP contribution in [0.1, 0.15) is 24.6 Å². The van der Waals surface area contributed by atoms with E-state index in [0.29, 0.717) is 6.04 Å². The minimum Gasteiger partial charge on any atom is -0.308 e. The van der Waals surface area contributed by atoms with Crippen molar-refractivity contribution in [1.29, 1.82) is 0 Å². The van der Waals surface area contributed by atoms with Gasteiger partial charge in [-0.3, -0.25) is 4.98 Å². The third-order valence-corrected chi connectivity index (χ3v) is 3.24. The van der Waals surface area contributed by atoms with E-state index in [9.17, 15) is 0 Å². The van der Waals surface area contributed by atoms with Gasteiger partial charge in [-0.25, -0.2) is 0 Å². The second-order valence-corrected chi connectivity index (χ2v) is 4.14. The second-order valence-electron chi connectivity index (χ2n) is 4.14. The van der Waals surface area contributed by atoms with Gasteiger partial charge >= 0.3 is 0 Å². The quantitative estimate of drug-likeness (QED) is 0.739. The molecule has 1 saturated carbocycles. The van der Waals surface area contributed by atoms with Crippen molar-refractivity contribution >= 4 is 0 Å². The molecule has 2 aliphatic rings. The zero-order valence-corrected chi connectivity index (χ0v) is 7.61. The van der Waals surface area contributed by atoms with Crippen molar-refractivity contribution in [3.8, 4) is 0 Å². The largest absolute Gasteiger partial charge is 0.308 e. The topological polar surface area (TPSA) is 24.9 Å². The molecule has 0 radical (unpaired) electrons. The molecule has 0 bridgehead atoms. The molecule has 1 saturated heterocycles. The standard InChI is InChI=1S/C11H14N2/c1-2-6-12-10(3-1)11-9(7-13-11)8-4-5-8/h1-3,6,8-9,11,13H,4-5,7H2. The molecule has 3 rings (SSSR count). The molecule has 0 spiro atoms. The van der Waals surface area contributed by atoms with Crippen LogP contribution in [-0.2, 0) is 0 Å². The third kappa shape index (κ3) is 1.25. The average Bonchev–Trinajstić information content (AvgIpc) is 2.88. The molecule has 2 heteroatoms. The van der Waals surface area contributed by atoms with E-state index in [1.807, 2.05) is 12.3 Å². The molecule has 1 aliphatic carbocycles. The van der Waals surface area contributed by atoms with Crippen LogP contribution in [0.3, 0.4) is 0 Å². The number of hydrogen-bond donors (Lipinski definition) is 1. The fourth-order valence-corrected chi connectivity index (χ4v) is 2.22. The van der Waals surface area contributed by atoms with Crippen molar-refractivity contribution in [2.45, 2.75) is 18.9 Å². The molecule has 1 N–H and O–H groups in total. The second kappa shape index (κ2) is 2.81. The van der Waals surface area contributed by atoms with Gasteiger partial charge in [-0.15, -0.1) is 0 Å². The molecular formula is C11H14N2. The van der Waals surface area contributed by atoms with Gasteiger partial charge in [0.25, 0.3) is 0 Å². The summed E-state index contributed by atoms with van der Waals surface area (Å²) in [5, 5.41) is 3.47. The Labute approximate surface area is 78.4 Å². The smallest absolute Gasteiger partial charge is 0.0576 e. The minimum atomic E-state index is 0.550. The van der Waals surface area contributed by atoms with Gasteiger partial charge < -0.3 is 5.32 Å². The maximum atomic E-state index is 4.40. The summed E-state index contributed by atoms with van der Waals surface area (Å²) < 4.78 is 0. The molecule has 1 aromatic rings. The van der Waals surface area contributed by atoms with E-state index in [0.717, 1.165) is 11.8 Å². The summed E-state index contributed by atoms with van der Waals surface area (Å²) in [5.74, 6) is 1.86. The highest BCUT2D eigenvalue weighted by Crippen LogP contribution is 2.46. The zero-order chi connectivity index (χ0) is 8.67. The van der Waals surface area contributed by atoms with Gasteiger partial charge in [-0.2, -0.15) is 0 Å². The van der Waals surface area contributed by atoms with Crippen molar-refractivity contribution < 1.29 is 0 Å². The van der Waals surface area contributed by atoms with E-state index >= 15 is 0 Å². The van der Waals surface area contributed by atoms with Gasteiger partial charge in [0.1, 0.15) is 0 Å². The Kier molecular flexibility index (Phi) is 1.62.